The van der Waals surface area contributed by atoms with Gasteiger partial charge in [0, 0.05) is 23.1 Å². The Kier molecular flexibility index (Phi) is 4.66. The number of fused-ring (bicyclic) bond motifs is 1. The Hall–Kier alpha value is -3.09. The van der Waals surface area contributed by atoms with Gasteiger partial charge in [0.25, 0.3) is 5.91 Å². The van der Waals surface area contributed by atoms with E-state index in [0.717, 1.165) is 29.3 Å². The van der Waals surface area contributed by atoms with E-state index in [-0.39, 0.29) is 24.4 Å². The number of anilines is 1. The Bertz CT molecular complexity index is 981. The van der Waals surface area contributed by atoms with E-state index in [4.69, 9.17) is 0 Å². The molecule has 2 aromatic heterocycles. The molecule has 1 aliphatic carbocycles. The van der Waals surface area contributed by atoms with Gasteiger partial charge < -0.3 is 15.6 Å². The number of carbonyl (C=O) groups excluding carboxylic acids is 2. The van der Waals surface area contributed by atoms with Crippen molar-refractivity contribution < 1.29 is 9.59 Å². The average Bonchev–Trinajstić information content (AvgIpc) is 3.35. The smallest absolute Gasteiger partial charge is 0.272 e. The lowest BCUT2D eigenvalue weighted by atomic mass is 10.2. The highest BCUT2D eigenvalue weighted by atomic mass is 16.2. The fourth-order valence-electron chi connectivity index (χ4n) is 3.57. The first-order valence-electron chi connectivity index (χ1n) is 9.29. The van der Waals surface area contributed by atoms with Crippen LogP contribution in [0.3, 0.4) is 0 Å². The molecule has 0 radical (unpaired) electrons. The second kappa shape index (κ2) is 7.26. The number of amides is 2. The molecule has 2 heterocycles. The number of carbonyl (C=O) groups is 2. The maximum Gasteiger partial charge on any atom is 0.272 e. The van der Waals surface area contributed by atoms with Gasteiger partial charge in [0.15, 0.2) is 0 Å². The molecule has 2 amide bonds. The highest BCUT2D eigenvalue weighted by Gasteiger charge is 2.17. The van der Waals surface area contributed by atoms with Gasteiger partial charge in [0.2, 0.25) is 5.91 Å². The fraction of sp³-hybridized carbons (Fsp3) is 0.350. The van der Waals surface area contributed by atoms with Gasteiger partial charge in [-0.05, 0) is 37.5 Å². The minimum atomic E-state index is -0.237. The van der Waals surface area contributed by atoms with E-state index < -0.39 is 0 Å². The summed E-state index contributed by atoms with van der Waals surface area (Å²) >= 11 is 0. The van der Waals surface area contributed by atoms with Crippen molar-refractivity contribution >= 4 is 28.4 Å². The summed E-state index contributed by atoms with van der Waals surface area (Å²) in [7, 11) is 0. The van der Waals surface area contributed by atoms with Crippen LogP contribution in [0.1, 0.15) is 41.7 Å². The molecule has 3 aromatic rings. The standard InChI is InChI=1S/C20H23N5O2/c1-13-6-7-14-9-18(24-17(14)8-13)20(27)23-16-10-21-25(11-16)12-19(26)22-15-4-2-3-5-15/h6-11,15,24H,2-5,12H2,1H3,(H,22,26)(H,23,27). The summed E-state index contributed by atoms with van der Waals surface area (Å²) < 4.78 is 1.54. The Morgan fingerprint density at radius 1 is 1.26 bits per heavy atom. The van der Waals surface area contributed by atoms with Crippen LogP contribution in [0.15, 0.2) is 36.7 Å². The van der Waals surface area contributed by atoms with Gasteiger partial charge in [-0.2, -0.15) is 5.10 Å². The van der Waals surface area contributed by atoms with Gasteiger partial charge in [0.05, 0.1) is 11.9 Å². The number of nitrogens with zero attached hydrogens (tertiary/aromatic N) is 2. The molecule has 4 rings (SSSR count). The molecule has 3 N–H and O–H groups in total. The first-order chi connectivity index (χ1) is 13.1. The first-order valence-corrected chi connectivity index (χ1v) is 9.29. The van der Waals surface area contributed by atoms with E-state index in [1.807, 2.05) is 31.2 Å². The van der Waals surface area contributed by atoms with Crippen molar-refractivity contribution in [1.82, 2.24) is 20.1 Å². The second-order valence-corrected chi connectivity index (χ2v) is 7.20. The highest BCUT2D eigenvalue weighted by Crippen LogP contribution is 2.19. The van der Waals surface area contributed by atoms with Gasteiger partial charge in [-0.25, -0.2) is 0 Å². The zero-order valence-corrected chi connectivity index (χ0v) is 15.3. The predicted molar refractivity (Wildman–Crippen MR) is 104 cm³/mol. The van der Waals surface area contributed by atoms with Crippen LogP contribution in [-0.2, 0) is 11.3 Å². The molecule has 7 heteroatoms. The Labute approximate surface area is 157 Å². The van der Waals surface area contributed by atoms with Crippen LogP contribution < -0.4 is 10.6 Å². The maximum absolute atomic E-state index is 12.5. The summed E-state index contributed by atoms with van der Waals surface area (Å²) in [6.45, 7) is 2.16. The van der Waals surface area contributed by atoms with E-state index in [1.165, 1.54) is 17.5 Å². The molecule has 0 spiro atoms. The Balaban J connectivity index is 1.37. The number of aromatic amines is 1. The van der Waals surface area contributed by atoms with Gasteiger partial charge >= 0.3 is 0 Å². The topological polar surface area (TPSA) is 91.8 Å². The van der Waals surface area contributed by atoms with E-state index in [2.05, 4.69) is 20.7 Å². The molecule has 0 saturated heterocycles. The SMILES string of the molecule is Cc1ccc2cc(C(=O)Nc3cnn(CC(=O)NC4CCCC4)c3)[nH]c2c1. The van der Waals surface area contributed by atoms with Crippen LogP contribution in [0, 0.1) is 6.92 Å². The van der Waals surface area contributed by atoms with Crippen molar-refractivity contribution in [2.75, 3.05) is 5.32 Å². The molecule has 1 aromatic carbocycles. The van der Waals surface area contributed by atoms with Gasteiger partial charge in [0.1, 0.15) is 12.2 Å². The molecule has 0 unspecified atom stereocenters. The number of aromatic nitrogens is 3. The summed E-state index contributed by atoms with van der Waals surface area (Å²) in [5.41, 5.74) is 3.11. The first kappa shape index (κ1) is 17.3. The number of nitrogens with one attached hydrogen (secondary N) is 3. The molecule has 7 nitrogen and oxygen atoms in total. The van der Waals surface area contributed by atoms with Crippen molar-refractivity contribution in [3.63, 3.8) is 0 Å². The molecule has 0 atom stereocenters. The van der Waals surface area contributed by atoms with Crippen molar-refractivity contribution in [3.8, 4) is 0 Å². The molecule has 1 aliphatic rings. The quantitative estimate of drug-likeness (QED) is 0.649. The van der Waals surface area contributed by atoms with Crippen LogP contribution in [-0.4, -0.2) is 32.6 Å². The third-order valence-electron chi connectivity index (χ3n) is 4.94. The summed E-state index contributed by atoms with van der Waals surface area (Å²) in [6.07, 6.45) is 7.67. The second-order valence-electron chi connectivity index (χ2n) is 7.20. The Morgan fingerprint density at radius 2 is 2.07 bits per heavy atom. The maximum atomic E-state index is 12.5. The Morgan fingerprint density at radius 3 is 2.89 bits per heavy atom. The minimum Gasteiger partial charge on any atom is -0.352 e. The zero-order valence-electron chi connectivity index (χ0n) is 15.3. The summed E-state index contributed by atoms with van der Waals surface area (Å²) in [4.78, 5) is 27.7. The number of aryl methyl sites for hydroxylation is 1. The number of rotatable bonds is 5. The van der Waals surface area contributed by atoms with Gasteiger partial charge in [-0.3, -0.25) is 14.3 Å². The van der Waals surface area contributed by atoms with E-state index in [1.54, 1.807) is 12.4 Å². The number of hydrogen-bond donors (Lipinski definition) is 3. The summed E-state index contributed by atoms with van der Waals surface area (Å²) in [5.74, 6) is -0.285. The predicted octanol–water partition coefficient (Wildman–Crippen LogP) is 2.98. The molecular formula is C20H23N5O2. The van der Waals surface area contributed by atoms with Crippen LogP contribution in [0.25, 0.3) is 10.9 Å². The monoisotopic (exact) mass is 365 g/mol. The van der Waals surface area contributed by atoms with Gasteiger partial charge in [-0.1, -0.05) is 25.0 Å². The van der Waals surface area contributed by atoms with Crippen molar-refractivity contribution in [3.05, 3.63) is 47.9 Å². The van der Waals surface area contributed by atoms with E-state index in [9.17, 15) is 9.59 Å². The van der Waals surface area contributed by atoms with Crippen LogP contribution >= 0.6 is 0 Å². The van der Waals surface area contributed by atoms with E-state index in [0.29, 0.717) is 11.4 Å². The number of benzene rings is 1. The lowest BCUT2D eigenvalue weighted by Crippen LogP contribution is -2.35. The lowest BCUT2D eigenvalue weighted by Gasteiger charge is -2.11. The molecule has 0 bridgehead atoms. The van der Waals surface area contributed by atoms with Crippen molar-refractivity contribution in [2.45, 2.75) is 45.2 Å². The summed E-state index contributed by atoms with van der Waals surface area (Å²) in [5, 5.41) is 11.0. The largest absolute Gasteiger partial charge is 0.352 e. The lowest BCUT2D eigenvalue weighted by molar-refractivity contribution is -0.122. The van der Waals surface area contributed by atoms with Crippen LogP contribution in [0.4, 0.5) is 5.69 Å². The molecular weight excluding hydrogens is 342 g/mol. The third-order valence-corrected chi connectivity index (χ3v) is 4.94. The highest BCUT2D eigenvalue weighted by molar-refractivity contribution is 6.05. The molecule has 1 saturated carbocycles. The van der Waals surface area contributed by atoms with Gasteiger partial charge in [-0.15, -0.1) is 0 Å². The average molecular weight is 365 g/mol. The molecule has 1 fully saturated rings. The molecule has 27 heavy (non-hydrogen) atoms. The third kappa shape index (κ3) is 4.02. The molecule has 0 aliphatic heterocycles. The minimum absolute atomic E-state index is 0.0473. The fourth-order valence-corrected chi connectivity index (χ4v) is 3.57. The zero-order chi connectivity index (χ0) is 18.8. The number of H-pyrrole nitrogens is 1. The molecule has 140 valence electrons. The van der Waals surface area contributed by atoms with Crippen LogP contribution in [0.2, 0.25) is 0 Å². The number of hydrogen-bond acceptors (Lipinski definition) is 3. The van der Waals surface area contributed by atoms with E-state index >= 15 is 0 Å². The van der Waals surface area contributed by atoms with Crippen LogP contribution in [0.5, 0.6) is 0 Å². The normalized spacial score (nSPS) is 14.6. The van der Waals surface area contributed by atoms with Crippen molar-refractivity contribution in [1.29, 1.82) is 0 Å². The summed E-state index contributed by atoms with van der Waals surface area (Å²) in [6, 6.07) is 8.12. The van der Waals surface area contributed by atoms with Crippen molar-refractivity contribution in [2.24, 2.45) is 0 Å².